The van der Waals surface area contributed by atoms with Gasteiger partial charge in [0.15, 0.2) is 0 Å². The Morgan fingerprint density at radius 2 is 0.787 bits per heavy atom. The number of likely N-dealkylation sites (N-methyl/N-ethyl adjacent to an activating group) is 2. The molecule has 0 amide bonds. The minimum atomic E-state index is -2.42. The molecule has 1 fully saturated rings. The van der Waals surface area contributed by atoms with Gasteiger partial charge < -0.3 is 13.6 Å². The van der Waals surface area contributed by atoms with Crippen molar-refractivity contribution < 1.29 is 23.2 Å². The lowest BCUT2D eigenvalue weighted by Gasteiger charge is -2.43. The molecule has 0 spiro atoms. The van der Waals surface area contributed by atoms with Gasteiger partial charge in [-0.05, 0) is 110 Å². The highest BCUT2D eigenvalue weighted by Crippen LogP contribution is 2.38. The van der Waals surface area contributed by atoms with E-state index >= 15 is 0 Å². The molecule has 0 saturated carbocycles. The van der Waals surface area contributed by atoms with Crippen LogP contribution in [0.2, 0.25) is 10.1 Å². The molecular formula is C52H78N2O5Si2. The third kappa shape index (κ3) is 16.3. The highest BCUT2D eigenvalue weighted by atomic mass is 28.4. The van der Waals surface area contributed by atoms with Gasteiger partial charge in [-0.25, -0.2) is 0 Å². The monoisotopic (exact) mass is 867 g/mol. The Bertz CT molecular complexity index is 1580. The van der Waals surface area contributed by atoms with Crippen LogP contribution in [0.5, 0.6) is 0 Å². The predicted molar refractivity (Wildman–Crippen MR) is 262 cm³/mol. The van der Waals surface area contributed by atoms with E-state index in [4.69, 9.17) is 13.6 Å². The van der Waals surface area contributed by atoms with Crippen LogP contribution in [0.15, 0.2) is 121 Å². The Morgan fingerprint density at radius 1 is 0.508 bits per heavy atom. The Balaban J connectivity index is 0.000000291. The third-order valence-corrected chi connectivity index (χ3v) is 21.2. The van der Waals surface area contributed by atoms with Crippen LogP contribution >= 0.6 is 0 Å². The molecule has 4 aromatic rings. The van der Waals surface area contributed by atoms with Crippen LogP contribution < -0.4 is 20.7 Å². The summed E-state index contributed by atoms with van der Waals surface area (Å²) in [6.07, 6.45) is 6.60. The molecule has 9 heteroatoms. The summed E-state index contributed by atoms with van der Waals surface area (Å²) in [5, 5.41) is 5.32. The van der Waals surface area contributed by atoms with Crippen molar-refractivity contribution in [2.45, 2.75) is 104 Å². The molecule has 0 aliphatic carbocycles. The number of rotatable bonds is 20. The van der Waals surface area contributed by atoms with E-state index in [0.29, 0.717) is 13.1 Å². The fraction of sp³-hybridized carbons (Fsp3) is 0.500. The second kappa shape index (κ2) is 26.2. The van der Waals surface area contributed by atoms with Crippen molar-refractivity contribution in [2.24, 2.45) is 0 Å². The maximum Gasteiger partial charge on any atom is 0.261 e. The van der Waals surface area contributed by atoms with Gasteiger partial charge >= 0.3 is 0 Å². The largest absolute Gasteiger partial charge is 0.407 e. The number of ketones is 2. The zero-order chi connectivity index (χ0) is 44.8. The molecule has 334 valence electrons. The predicted octanol–water partition coefficient (Wildman–Crippen LogP) is 8.52. The van der Waals surface area contributed by atoms with Gasteiger partial charge in [0.25, 0.3) is 16.6 Å². The fourth-order valence-electron chi connectivity index (χ4n) is 8.37. The average molecular weight is 867 g/mol. The smallest absolute Gasteiger partial charge is 0.261 e. The maximum absolute atomic E-state index is 11.2. The van der Waals surface area contributed by atoms with Gasteiger partial charge in [0.1, 0.15) is 11.6 Å². The molecule has 1 aliphatic rings. The summed E-state index contributed by atoms with van der Waals surface area (Å²) in [6, 6.07) is 43.0. The zero-order valence-corrected chi connectivity index (χ0v) is 41.4. The number of unbranched alkanes of at least 4 members (excludes halogenated alkanes) is 2. The van der Waals surface area contributed by atoms with E-state index in [9.17, 15) is 9.59 Å². The fourth-order valence-corrected chi connectivity index (χ4v) is 17.6. The Kier molecular flexibility index (Phi) is 22.2. The highest BCUT2D eigenvalue weighted by Gasteiger charge is 2.51. The van der Waals surface area contributed by atoms with Crippen molar-refractivity contribution in [3.63, 3.8) is 0 Å². The maximum atomic E-state index is 11.2. The standard InChI is InChI=1S/2C24H35NO2Si.C4H8O/c2*1-21(26)20-25(5)18-12-13-19-27-28(24(2,3)4,22-14-8-6-9-15-22)23-16-10-7-11-17-23;1-2-4-5-3-1/h2*6-11,14-17H,12-13,18-20H2,1-5H3;1-4H2. The van der Waals surface area contributed by atoms with Crippen molar-refractivity contribution in [2.75, 3.05) is 66.7 Å². The molecule has 4 aromatic carbocycles. The number of nitrogens with zero attached hydrogens (tertiary/aromatic N) is 2. The zero-order valence-electron chi connectivity index (χ0n) is 39.4. The van der Waals surface area contributed by atoms with Crippen LogP contribution in [0, 0.1) is 0 Å². The Hall–Kier alpha value is -3.55. The molecule has 5 rings (SSSR count). The number of carbonyl (C=O) groups is 2. The quantitative estimate of drug-likeness (QED) is 0.0652. The molecule has 1 aliphatic heterocycles. The van der Waals surface area contributed by atoms with Gasteiger partial charge in [-0.2, -0.15) is 0 Å². The Morgan fingerprint density at radius 3 is 1.00 bits per heavy atom. The Labute approximate surface area is 372 Å². The molecule has 0 aromatic heterocycles. The lowest BCUT2D eigenvalue weighted by atomic mass is 10.2. The molecule has 0 unspecified atom stereocenters. The van der Waals surface area contributed by atoms with Crippen molar-refractivity contribution in [3.8, 4) is 0 Å². The van der Waals surface area contributed by atoms with Crippen molar-refractivity contribution in [1.29, 1.82) is 0 Å². The van der Waals surface area contributed by atoms with Crippen LogP contribution in [0.4, 0.5) is 0 Å². The molecule has 1 saturated heterocycles. The molecule has 0 atom stereocenters. The van der Waals surface area contributed by atoms with Gasteiger partial charge in [-0.1, -0.05) is 163 Å². The highest BCUT2D eigenvalue weighted by molar-refractivity contribution is 7.00. The summed E-state index contributed by atoms with van der Waals surface area (Å²) in [6.45, 7) is 23.5. The van der Waals surface area contributed by atoms with E-state index in [2.05, 4.69) is 173 Å². The van der Waals surface area contributed by atoms with Crippen LogP contribution in [-0.4, -0.2) is 105 Å². The topological polar surface area (TPSA) is 68.3 Å². The molecule has 0 radical (unpaired) electrons. The number of hydrogen-bond donors (Lipinski definition) is 0. The molecule has 1 heterocycles. The molecule has 0 N–H and O–H groups in total. The van der Waals surface area contributed by atoms with Crippen molar-refractivity contribution >= 4 is 48.9 Å². The second-order valence-electron chi connectivity index (χ2n) is 18.6. The SMILES string of the molecule is C1CCOC1.CC(=O)CN(C)CCCCO[Si](c1ccccc1)(c1ccccc1)C(C)(C)C.CC(=O)CN(C)CCCCO[Si](c1ccccc1)(c1ccccc1)C(C)(C)C. The summed E-state index contributed by atoms with van der Waals surface area (Å²) < 4.78 is 18.7. The van der Waals surface area contributed by atoms with Gasteiger partial charge in [0.2, 0.25) is 0 Å². The molecule has 0 bridgehead atoms. The lowest BCUT2D eigenvalue weighted by molar-refractivity contribution is -0.118. The summed E-state index contributed by atoms with van der Waals surface area (Å²) >= 11 is 0. The summed E-state index contributed by atoms with van der Waals surface area (Å²) in [4.78, 5) is 26.7. The van der Waals surface area contributed by atoms with E-state index in [1.165, 1.54) is 33.6 Å². The van der Waals surface area contributed by atoms with E-state index < -0.39 is 16.6 Å². The number of hydrogen-bond acceptors (Lipinski definition) is 7. The van der Waals surface area contributed by atoms with Crippen molar-refractivity contribution in [3.05, 3.63) is 121 Å². The van der Waals surface area contributed by atoms with Gasteiger partial charge in [-0.3, -0.25) is 19.4 Å². The van der Waals surface area contributed by atoms with Crippen LogP contribution in [-0.2, 0) is 23.2 Å². The third-order valence-electron chi connectivity index (χ3n) is 11.2. The number of ether oxygens (including phenoxy) is 1. The number of benzene rings is 4. The van der Waals surface area contributed by atoms with Crippen LogP contribution in [0.25, 0.3) is 0 Å². The van der Waals surface area contributed by atoms with Crippen LogP contribution in [0.3, 0.4) is 0 Å². The lowest BCUT2D eigenvalue weighted by Crippen LogP contribution is -2.66. The summed E-state index contributed by atoms with van der Waals surface area (Å²) in [7, 11) is -0.832. The van der Waals surface area contributed by atoms with E-state index in [1.54, 1.807) is 13.8 Å². The summed E-state index contributed by atoms with van der Waals surface area (Å²) in [5.74, 6) is 0.428. The molecule has 7 nitrogen and oxygen atoms in total. The first-order valence-electron chi connectivity index (χ1n) is 22.5. The first-order valence-corrected chi connectivity index (χ1v) is 26.3. The second-order valence-corrected chi connectivity index (χ2v) is 27.2. The van der Waals surface area contributed by atoms with Gasteiger partial charge in [0, 0.05) is 26.4 Å². The van der Waals surface area contributed by atoms with Crippen molar-refractivity contribution in [1.82, 2.24) is 9.80 Å². The first kappa shape index (κ1) is 51.8. The van der Waals surface area contributed by atoms with Gasteiger partial charge in [-0.15, -0.1) is 0 Å². The van der Waals surface area contributed by atoms with E-state index in [1.807, 2.05) is 14.1 Å². The van der Waals surface area contributed by atoms with E-state index in [0.717, 1.165) is 65.2 Å². The minimum absolute atomic E-state index is 0.0150. The average Bonchev–Trinajstić information content (AvgIpc) is 3.82. The van der Waals surface area contributed by atoms with Crippen LogP contribution in [0.1, 0.15) is 93.9 Å². The number of Topliss-reactive ketones (excluding diaryl/α,β-unsaturated/α-hetero) is 2. The normalized spacial score (nSPS) is 13.3. The van der Waals surface area contributed by atoms with E-state index in [-0.39, 0.29) is 21.6 Å². The molecular weight excluding hydrogens is 789 g/mol. The number of carbonyl (C=O) groups excluding carboxylic acids is 2. The molecule has 61 heavy (non-hydrogen) atoms. The van der Waals surface area contributed by atoms with Gasteiger partial charge in [0.05, 0.1) is 13.1 Å². The minimum Gasteiger partial charge on any atom is -0.407 e. The summed E-state index contributed by atoms with van der Waals surface area (Å²) in [5.41, 5.74) is 0. The first-order chi connectivity index (χ1) is 29.0.